The molecular formula is C10H7N3O2. The van der Waals surface area contributed by atoms with Gasteiger partial charge in [0.1, 0.15) is 11.4 Å². The smallest absolute Gasteiger partial charge is 0.217 e. The summed E-state index contributed by atoms with van der Waals surface area (Å²) in [5.41, 5.74) is 0.365. The summed E-state index contributed by atoms with van der Waals surface area (Å²) in [4.78, 5) is 15.5. The van der Waals surface area contributed by atoms with Gasteiger partial charge in [-0.15, -0.1) is 5.10 Å². The number of hydrogen-bond acceptors (Lipinski definition) is 5. The minimum atomic E-state index is -0.372. The van der Waals surface area contributed by atoms with Crippen molar-refractivity contribution in [3.05, 3.63) is 48.0 Å². The molecule has 0 saturated carbocycles. The molecule has 0 atom stereocenters. The second-order valence-electron chi connectivity index (χ2n) is 2.83. The lowest BCUT2D eigenvalue weighted by atomic mass is 10.1. The maximum absolute atomic E-state index is 11.8. The number of nitrogens with zero attached hydrogens (tertiary/aromatic N) is 3. The molecule has 74 valence electrons. The summed E-state index contributed by atoms with van der Waals surface area (Å²) in [6.07, 6.45) is 4.12. The number of rotatable bonds is 2. The zero-order valence-electron chi connectivity index (χ0n) is 7.66. The molecular weight excluding hydrogens is 194 g/mol. The van der Waals surface area contributed by atoms with Gasteiger partial charge in [0.25, 0.3) is 0 Å². The van der Waals surface area contributed by atoms with Gasteiger partial charge in [0, 0.05) is 12.4 Å². The molecule has 2 aromatic rings. The van der Waals surface area contributed by atoms with Crippen LogP contribution in [0.4, 0.5) is 0 Å². The number of carbonyl (C=O) groups excluding carboxylic acids is 1. The van der Waals surface area contributed by atoms with Gasteiger partial charge in [-0.05, 0) is 18.2 Å². The van der Waals surface area contributed by atoms with E-state index in [1.807, 2.05) is 0 Å². The third kappa shape index (κ3) is 1.80. The molecule has 2 aromatic heterocycles. The standard InChI is InChI=1S/C10H7N3O2/c14-9-6-11-5-3-7(9)10(15)8-2-1-4-12-13-8/h1-6,14H. The van der Waals surface area contributed by atoms with Crippen LogP contribution in [0.5, 0.6) is 5.75 Å². The van der Waals surface area contributed by atoms with Crippen LogP contribution in [0, 0.1) is 0 Å². The van der Waals surface area contributed by atoms with E-state index in [1.54, 1.807) is 6.07 Å². The maximum atomic E-state index is 11.8. The van der Waals surface area contributed by atoms with Gasteiger partial charge in [0.05, 0.1) is 11.8 Å². The van der Waals surface area contributed by atoms with Crippen molar-refractivity contribution in [2.75, 3.05) is 0 Å². The van der Waals surface area contributed by atoms with Crippen LogP contribution in [0.15, 0.2) is 36.8 Å². The summed E-state index contributed by atoms with van der Waals surface area (Å²) in [5.74, 6) is -0.531. The molecule has 5 nitrogen and oxygen atoms in total. The number of pyridine rings is 1. The van der Waals surface area contributed by atoms with Crippen LogP contribution >= 0.6 is 0 Å². The van der Waals surface area contributed by atoms with E-state index in [0.717, 1.165) is 0 Å². The van der Waals surface area contributed by atoms with Gasteiger partial charge < -0.3 is 5.11 Å². The van der Waals surface area contributed by atoms with E-state index in [4.69, 9.17) is 0 Å². The van der Waals surface area contributed by atoms with Gasteiger partial charge in [-0.2, -0.15) is 5.10 Å². The molecule has 0 bridgehead atoms. The lowest BCUT2D eigenvalue weighted by molar-refractivity contribution is 0.103. The van der Waals surface area contributed by atoms with Crippen molar-refractivity contribution in [1.29, 1.82) is 0 Å². The predicted molar refractivity (Wildman–Crippen MR) is 51.4 cm³/mol. The van der Waals surface area contributed by atoms with Gasteiger partial charge in [-0.3, -0.25) is 9.78 Å². The Morgan fingerprint density at radius 3 is 2.80 bits per heavy atom. The van der Waals surface area contributed by atoms with Crippen LogP contribution in [0.1, 0.15) is 16.1 Å². The number of aromatic hydroxyl groups is 1. The molecule has 0 spiro atoms. The summed E-state index contributed by atoms with van der Waals surface area (Å²) in [5, 5.41) is 16.7. The van der Waals surface area contributed by atoms with Crippen LogP contribution in [0.3, 0.4) is 0 Å². The molecule has 2 rings (SSSR count). The molecule has 5 heteroatoms. The number of ketones is 1. The molecule has 0 fully saturated rings. The lowest BCUT2D eigenvalue weighted by Gasteiger charge is -2.00. The first kappa shape index (κ1) is 9.26. The number of hydrogen-bond donors (Lipinski definition) is 1. The van der Waals surface area contributed by atoms with Crippen LogP contribution < -0.4 is 0 Å². The summed E-state index contributed by atoms with van der Waals surface area (Å²) in [7, 11) is 0. The van der Waals surface area contributed by atoms with Crippen molar-refractivity contribution < 1.29 is 9.90 Å². The van der Waals surface area contributed by atoms with Gasteiger partial charge in [-0.1, -0.05) is 0 Å². The van der Waals surface area contributed by atoms with E-state index in [2.05, 4.69) is 15.2 Å². The second-order valence-corrected chi connectivity index (χ2v) is 2.83. The zero-order valence-corrected chi connectivity index (χ0v) is 7.66. The van der Waals surface area contributed by atoms with Crippen LogP contribution in [0.25, 0.3) is 0 Å². The molecule has 2 heterocycles. The monoisotopic (exact) mass is 201 g/mol. The molecule has 0 unspecified atom stereocenters. The normalized spacial score (nSPS) is 9.87. The minimum Gasteiger partial charge on any atom is -0.506 e. The average molecular weight is 201 g/mol. The molecule has 0 amide bonds. The molecule has 15 heavy (non-hydrogen) atoms. The van der Waals surface area contributed by atoms with Crippen molar-refractivity contribution in [2.45, 2.75) is 0 Å². The predicted octanol–water partition coefficient (Wildman–Crippen LogP) is 0.808. The van der Waals surface area contributed by atoms with Crippen molar-refractivity contribution in [3.8, 4) is 5.75 Å². The highest BCUT2D eigenvalue weighted by Crippen LogP contribution is 2.16. The van der Waals surface area contributed by atoms with Crippen LogP contribution in [-0.4, -0.2) is 26.1 Å². The summed E-state index contributed by atoms with van der Waals surface area (Å²) < 4.78 is 0. The molecule has 0 aliphatic rings. The summed E-state index contributed by atoms with van der Waals surface area (Å²) in [6.45, 7) is 0. The van der Waals surface area contributed by atoms with Crippen LogP contribution in [-0.2, 0) is 0 Å². The summed E-state index contributed by atoms with van der Waals surface area (Å²) in [6, 6.07) is 4.58. The minimum absolute atomic E-state index is 0.159. The molecule has 0 aromatic carbocycles. The van der Waals surface area contributed by atoms with E-state index in [-0.39, 0.29) is 22.8 Å². The molecule has 0 saturated heterocycles. The highest BCUT2D eigenvalue weighted by atomic mass is 16.3. The Labute approximate surface area is 85.4 Å². The SMILES string of the molecule is O=C(c1cccnn1)c1ccncc1O. The Morgan fingerprint density at radius 2 is 2.13 bits per heavy atom. The quantitative estimate of drug-likeness (QED) is 0.727. The van der Waals surface area contributed by atoms with Gasteiger partial charge >= 0.3 is 0 Å². The molecule has 0 aliphatic carbocycles. The Morgan fingerprint density at radius 1 is 1.27 bits per heavy atom. The third-order valence-electron chi connectivity index (χ3n) is 1.85. The zero-order chi connectivity index (χ0) is 10.7. The van der Waals surface area contributed by atoms with E-state index in [0.29, 0.717) is 0 Å². The van der Waals surface area contributed by atoms with E-state index in [9.17, 15) is 9.90 Å². The van der Waals surface area contributed by atoms with Crippen molar-refractivity contribution in [3.63, 3.8) is 0 Å². The first-order chi connectivity index (χ1) is 7.29. The lowest BCUT2D eigenvalue weighted by Crippen LogP contribution is -2.05. The average Bonchev–Trinajstić information content (AvgIpc) is 2.30. The van der Waals surface area contributed by atoms with E-state index >= 15 is 0 Å². The van der Waals surface area contributed by atoms with Gasteiger partial charge in [0.2, 0.25) is 5.78 Å². The Kier molecular flexibility index (Phi) is 2.37. The summed E-state index contributed by atoms with van der Waals surface area (Å²) >= 11 is 0. The van der Waals surface area contributed by atoms with Gasteiger partial charge in [-0.25, -0.2) is 0 Å². The largest absolute Gasteiger partial charge is 0.506 e. The maximum Gasteiger partial charge on any atom is 0.217 e. The van der Waals surface area contributed by atoms with Crippen molar-refractivity contribution in [2.24, 2.45) is 0 Å². The highest BCUT2D eigenvalue weighted by molar-refractivity contribution is 6.09. The number of carbonyl (C=O) groups is 1. The van der Waals surface area contributed by atoms with Crippen molar-refractivity contribution >= 4 is 5.78 Å². The fourth-order valence-electron chi connectivity index (χ4n) is 1.14. The Hall–Kier alpha value is -2.30. The number of aromatic nitrogens is 3. The third-order valence-corrected chi connectivity index (χ3v) is 1.85. The fourth-order valence-corrected chi connectivity index (χ4v) is 1.14. The molecule has 1 N–H and O–H groups in total. The van der Waals surface area contributed by atoms with Gasteiger partial charge in [0.15, 0.2) is 0 Å². The fraction of sp³-hybridized carbons (Fsp3) is 0. The first-order valence-corrected chi connectivity index (χ1v) is 4.24. The molecule has 0 radical (unpaired) electrons. The van der Waals surface area contributed by atoms with E-state index in [1.165, 1.54) is 30.7 Å². The Bertz CT molecular complexity index is 485. The van der Waals surface area contributed by atoms with Crippen LogP contribution in [0.2, 0.25) is 0 Å². The Balaban J connectivity index is 2.42. The second kappa shape index (κ2) is 3.83. The van der Waals surface area contributed by atoms with E-state index < -0.39 is 0 Å². The molecule has 0 aliphatic heterocycles. The topological polar surface area (TPSA) is 76.0 Å². The first-order valence-electron chi connectivity index (χ1n) is 4.24. The van der Waals surface area contributed by atoms with Crippen molar-refractivity contribution in [1.82, 2.24) is 15.2 Å². The highest BCUT2D eigenvalue weighted by Gasteiger charge is 2.14.